The molecule has 0 aromatic heterocycles. The number of nitrogens with two attached hydrogens (primary N) is 1. The molecule has 5 heteroatoms. The van der Waals surface area contributed by atoms with E-state index in [1.807, 2.05) is 13.8 Å². The van der Waals surface area contributed by atoms with Crippen LogP contribution in [0.5, 0.6) is 5.75 Å². The summed E-state index contributed by atoms with van der Waals surface area (Å²) in [5.41, 5.74) is 5.91. The average molecular weight is 261 g/mol. The van der Waals surface area contributed by atoms with Gasteiger partial charge in [-0.1, -0.05) is 26.3 Å². The zero-order valence-corrected chi connectivity index (χ0v) is 10.7. The quantitative estimate of drug-likeness (QED) is 0.895. The fourth-order valence-electron chi connectivity index (χ4n) is 1.72. The Labute approximate surface area is 105 Å². The highest BCUT2D eigenvalue weighted by Gasteiger charge is 2.32. The topological polar surface area (TPSA) is 35.2 Å². The van der Waals surface area contributed by atoms with Gasteiger partial charge in [0.05, 0.1) is 12.7 Å². The molecular weight excluding hydrogens is 243 g/mol. The lowest BCUT2D eigenvalue weighted by atomic mass is 9.92. The standard InChI is InChI=1S/C13H18F3NO/c1-4-8(2)12(17)10-6-5-9(13(14,15)16)7-11(10)18-3/h5-8,12H,4,17H2,1-3H3/t8?,12-/m1/s1. The molecule has 0 radical (unpaired) electrons. The van der Waals surface area contributed by atoms with Crippen LogP contribution < -0.4 is 10.5 Å². The fourth-order valence-corrected chi connectivity index (χ4v) is 1.72. The minimum absolute atomic E-state index is 0.177. The van der Waals surface area contributed by atoms with Crippen molar-refractivity contribution in [3.05, 3.63) is 29.3 Å². The van der Waals surface area contributed by atoms with E-state index < -0.39 is 11.7 Å². The summed E-state index contributed by atoms with van der Waals surface area (Å²) in [6.45, 7) is 3.95. The van der Waals surface area contributed by atoms with Crippen molar-refractivity contribution in [2.24, 2.45) is 11.7 Å². The van der Waals surface area contributed by atoms with Gasteiger partial charge in [-0.25, -0.2) is 0 Å². The van der Waals surface area contributed by atoms with E-state index in [0.717, 1.165) is 18.6 Å². The Hall–Kier alpha value is -1.23. The van der Waals surface area contributed by atoms with Crippen molar-refractivity contribution < 1.29 is 17.9 Å². The number of hydrogen-bond donors (Lipinski definition) is 1. The third-order valence-electron chi connectivity index (χ3n) is 3.18. The van der Waals surface area contributed by atoms with Crippen molar-refractivity contribution in [1.29, 1.82) is 0 Å². The van der Waals surface area contributed by atoms with Gasteiger partial charge in [0.25, 0.3) is 0 Å². The molecule has 1 rings (SSSR count). The van der Waals surface area contributed by atoms with Gasteiger partial charge >= 0.3 is 6.18 Å². The number of halogens is 3. The third kappa shape index (κ3) is 3.16. The summed E-state index contributed by atoms with van der Waals surface area (Å²) in [7, 11) is 1.35. The van der Waals surface area contributed by atoms with Gasteiger partial charge in [0.2, 0.25) is 0 Å². The third-order valence-corrected chi connectivity index (χ3v) is 3.18. The number of alkyl halides is 3. The molecule has 0 saturated heterocycles. The summed E-state index contributed by atoms with van der Waals surface area (Å²) in [4.78, 5) is 0. The lowest BCUT2D eigenvalue weighted by molar-refractivity contribution is -0.137. The summed E-state index contributed by atoms with van der Waals surface area (Å²) in [6.07, 6.45) is -3.52. The lowest BCUT2D eigenvalue weighted by Crippen LogP contribution is -2.19. The molecule has 0 fully saturated rings. The van der Waals surface area contributed by atoms with Crippen LogP contribution in [0.4, 0.5) is 13.2 Å². The van der Waals surface area contributed by atoms with Gasteiger partial charge in [-0.3, -0.25) is 0 Å². The Morgan fingerprint density at radius 2 is 1.94 bits per heavy atom. The Kier molecular flexibility index (Phi) is 4.62. The van der Waals surface area contributed by atoms with Crippen LogP contribution in [0.3, 0.4) is 0 Å². The van der Waals surface area contributed by atoms with Gasteiger partial charge < -0.3 is 10.5 Å². The Morgan fingerprint density at radius 3 is 2.39 bits per heavy atom. The van der Waals surface area contributed by atoms with Crippen LogP contribution in [-0.4, -0.2) is 7.11 Å². The van der Waals surface area contributed by atoms with Crippen molar-refractivity contribution in [3.8, 4) is 5.75 Å². The molecule has 0 aliphatic rings. The molecule has 102 valence electrons. The summed E-state index contributed by atoms with van der Waals surface area (Å²) in [6, 6.07) is 3.11. The number of rotatable bonds is 4. The van der Waals surface area contributed by atoms with Crippen molar-refractivity contribution >= 4 is 0 Å². The SMILES string of the molecule is CCC(C)[C@@H](N)c1ccc(C(F)(F)F)cc1OC. The monoisotopic (exact) mass is 261 g/mol. The molecule has 1 aromatic carbocycles. The van der Waals surface area contributed by atoms with E-state index in [9.17, 15) is 13.2 Å². The van der Waals surface area contributed by atoms with E-state index in [1.165, 1.54) is 13.2 Å². The zero-order valence-electron chi connectivity index (χ0n) is 10.7. The highest BCUT2D eigenvalue weighted by atomic mass is 19.4. The maximum Gasteiger partial charge on any atom is 0.416 e. The Morgan fingerprint density at radius 1 is 1.33 bits per heavy atom. The number of hydrogen-bond acceptors (Lipinski definition) is 2. The summed E-state index contributed by atoms with van der Waals surface area (Å²) in [5.74, 6) is 0.369. The summed E-state index contributed by atoms with van der Waals surface area (Å²) >= 11 is 0. The molecule has 0 heterocycles. The van der Waals surface area contributed by atoms with Crippen LogP contribution in [0.2, 0.25) is 0 Å². The molecule has 2 nitrogen and oxygen atoms in total. The van der Waals surface area contributed by atoms with E-state index in [-0.39, 0.29) is 17.7 Å². The molecule has 1 aromatic rings. The Bertz CT molecular complexity index is 404. The lowest BCUT2D eigenvalue weighted by Gasteiger charge is -2.22. The molecule has 0 amide bonds. The maximum absolute atomic E-state index is 12.6. The van der Waals surface area contributed by atoms with Gasteiger partial charge in [-0.2, -0.15) is 13.2 Å². The average Bonchev–Trinajstić information content (AvgIpc) is 2.35. The minimum Gasteiger partial charge on any atom is -0.496 e. The molecular formula is C13H18F3NO. The summed E-state index contributed by atoms with van der Waals surface area (Å²) in [5, 5.41) is 0. The van der Waals surface area contributed by atoms with Crippen molar-refractivity contribution in [3.63, 3.8) is 0 Å². The van der Waals surface area contributed by atoms with E-state index in [1.54, 1.807) is 0 Å². The summed E-state index contributed by atoms with van der Waals surface area (Å²) < 4.78 is 42.7. The molecule has 2 atom stereocenters. The van der Waals surface area contributed by atoms with Crippen molar-refractivity contribution in [1.82, 2.24) is 0 Å². The van der Waals surface area contributed by atoms with Crippen LogP contribution in [0.1, 0.15) is 37.4 Å². The zero-order chi connectivity index (χ0) is 13.9. The first kappa shape index (κ1) is 14.8. The molecule has 0 spiro atoms. The highest BCUT2D eigenvalue weighted by molar-refractivity contribution is 5.40. The van der Waals surface area contributed by atoms with Crippen LogP contribution in [0.15, 0.2) is 18.2 Å². The molecule has 0 aliphatic heterocycles. The second-order valence-electron chi connectivity index (χ2n) is 4.37. The Balaban J connectivity index is 3.15. The van der Waals surface area contributed by atoms with Crippen molar-refractivity contribution in [2.45, 2.75) is 32.5 Å². The van der Waals surface area contributed by atoms with Crippen LogP contribution in [0.25, 0.3) is 0 Å². The van der Waals surface area contributed by atoms with Crippen molar-refractivity contribution in [2.75, 3.05) is 7.11 Å². The highest BCUT2D eigenvalue weighted by Crippen LogP contribution is 2.36. The van der Waals surface area contributed by atoms with E-state index >= 15 is 0 Å². The minimum atomic E-state index is -4.37. The van der Waals surface area contributed by atoms with Crippen LogP contribution in [-0.2, 0) is 6.18 Å². The largest absolute Gasteiger partial charge is 0.496 e. The predicted octanol–water partition coefficient (Wildman–Crippen LogP) is 3.76. The molecule has 0 aliphatic carbocycles. The first-order valence-corrected chi connectivity index (χ1v) is 5.82. The van der Waals surface area contributed by atoms with Crippen LogP contribution in [0, 0.1) is 5.92 Å². The molecule has 18 heavy (non-hydrogen) atoms. The molecule has 0 saturated carbocycles. The van der Waals surface area contributed by atoms with Gasteiger partial charge in [0.15, 0.2) is 0 Å². The maximum atomic E-state index is 12.6. The first-order valence-electron chi connectivity index (χ1n) is 5.82. The number of ether oxygens (including phenoxy) is 1. The van der Waals surface area contributed by atoms with E-state index in [2.05, 4.69) is 0 Å². The number of benzene rings is 1. The molecule has 0 bridgehead atoms. The first-order chi connectivity index (χ1) is 8.31. The van der Waals surface area contributed by atoms with Gasteiger partial charge in [0.1, 0.15) is 5.75 Å². The normalized spacial score (nSPS) is 15.3. The second kappa shape index (κ2) is 5.61. The van der Waals surface area contributed by atoms with E-state index in [4.69, 9.17) is 10.5 Å². The van der Waals surface area contributed by atoms with Gasteiger partial charge in [-0.15, -0.1) is 0 Å². The predicted molar refractivity (Wildman–Crippen MR) is 64.4 cm³/mol. The fraction of sp³-hybridized carbons (Fsp3) is 0.538. The molecule has 2 N–H and O–H groups in total. The van der Waals surface area contributed by atoms with Crippen LogP contribution >= 0.6 is 0 Å². The van der Waals surface area contributed by atoms with E-state index in [0.29, 0.717) is 5.56 Å². The second-order valence-corrected chi connectivity index (χ2v) is 4.37. The smallest absolute Gasteiger partial charge is 0.416 e. The van der Waals surface area contributed by atoms with Gasteiger partial charge in [0, 0.05) is 11.6 Å². The molecule has 1 unspecified atom stereocenters. The van der Waals surface area contributed by atoms with Gasteiger partial charge in [-0.05, 0) is 18.1 Å². The number of methoxy groups -OCH3 is 1.